The van der Waals surface area contributed by atoms with Crippen LogP contribution in [0.1, 0.15) is 124 Å². The van der Waals surface area contributed by atoms with Gasteiger partial charge in [0.25, 0.3) is 0 Å². The number of carbonyl (C=O) groups is 1. The fraction of sp³-hybridized carbons (Fsp3) is 0.735. The first-order chi connectivity index (χ1) is 27.8. The number of nitrogens with one attached hydrogen (secondary N) is 1. The van der Waals surface area contributed by atoms with Crippen molar-refractivity contribution in [1.82, 2.24) is 15.2 Å². The van der Waals surface area contributed by atoms with Crippen molar-refractivity contribution in [1.29, 1.82) is 5.26 Å². The molecule has 6 aliphatic carbocycles. The standard InChI is InChI=1S/C49H70N4O5S/c1-33(2)36-14-21-49(52-25-26-53-27-29-59(56,57)30-28-53)23-22-46(6)38(41(36)49)10-11-40-45(5)17-15-37(44(3,4)39(45)16-18-47(40,46)7)34-12-19-48(20-13-34,43(54)55)32-58-42-35(31-50)9-8-24-51-42/h8-9,12,15,24,36,38-41,52H,1,10-11,13-14,16-23,25-30,32H2,2-7H3,(H,54,55)/t36?,38-,39+,40-,41-,45+,46-,47-,48-,49?/m1/s1. The minimum atomic E-state index is -2.88. The summed E-state index contributed by atoms with van der Waals surface area (Å²) in [6, 6.07) is 5.43. The van der Waals surface area contributed by atoms with Gasteiger partial charge < -0.3 is 20.1 Å². The number of pyridine rings is 1. The third kappa shape index (κ3) is 6.87. The van der Waals surface area contributed by atoms with Crippen LogP contribution in [0.2, 0.25) is 0 Å². The lowest BCUT2D eigenvalue weighted by Crippen LogP contribution is -2.68. The molecule has 1 aromatic rings. The van der Waals surface area contributed by atoms with Crippen molar-refractivity contribution >= 4 is 15.8 Å². The monoisotopic (exact) mass is 827 g/mol. The third-order valence-corrected chi connectivity index (χ3v) is 20.4. The van der Waals surface area contributed by atoms with E-state index in [4.69, 9.17) is 4.74 Å². The Morgan fingerprint density at radius 2 is 1.76 bits per heavy atom. The fourth-order valence-electron chi connectivity index (χ4n) is 15.4. The van der Waals surface area contributed by atoms with Crippen molar-refractivity contribution in [3.63, 3.8) is 0 Å². The van der Waals surface area contributed by atoms with E-state index in [1.165, 1.54) is 68.1 Å². The molecule has 2 unspecified atom stereocenters. The maximum absolute atomic E-state index is 12.8. The van der Waals surface area contributed by atoms with Gasteiger partial charge in [-0.05, 0) is 159 Å². The molecule has 1 saturated heterocycles. The van der Waals surface area contributed by atoms with Crippen LogP contribution in [0.25, 0.3) is 0 Å². The summed E-state index contributed by atoms with van der Waals surface area (Å²) >= 11 is 0. The Labute approximate surface area is 354 Å². The van der Waals surface area contributed by atoms with Crippen LogP contribution in [0.5, 0.6) is 5.88 Å². The molecule has 4 saturated carbocycles. The Morgan fingerprint density at radius 1 is 1.00 bits per heavy atom. The molecule has 2 N–H and O–H groups in total. The lowest BCUT2D eigenvalue weighted by atomic mass is 9.33. The molecule has 10 heteroatoms. The van der Waals surface area contributed by atoms with Crippen molar-refractivity contribution in [2.45, 2.75) is 124 Å². The largest absolute Gasteiger partial charge is 0.481 e. The second-order valence-electron chi connectivity index (χ2n) is 21.6. The normalized spacial score (nSPS) is 41.1. The van der Waals surface area contributed by atoms with E-state index < -0.39 is 21.2 Å². The first-order valence-corrected chi connectivity index (χ1v) is 24.6. The number of hydrogen-bond acceptors (Lipinski definition) is 8. The summed E-state index contributed by atoms with van der Waals surface area (Å²) < 4.78 is 30.1. The number of carboxylic acid groups (broad SMARTS) is 1. The molecule has 0 aromatic carbocycles. The fourth-order valence-corrected chi connectivity index (χ4v) is 16.6. The number of aromatic nitrogens is 1. The zero-order chi connectivity index (χ0) is 42.2. The zero-order valence-electron chi connectivity index (χ0n) is 36.7. The van der Waals surface area contributed by atoms with E-state index in [-0.39, 0.29) is 51.2 Å². The molecule has 0 bridgehead atoms. The minimum Gasteiger partial charge on any atom is -0.481 e. The number of sulfone groups is 1. The number of aliphatic carboxylic acids is 1. The van der Waals surface area contributed by atoms with Crippen molar-refractivity contribution in [2.75, 3.05) is 44.3 Å². The number of fused-ring (bicyclic) bond motifs is 7. The van der Waals surface area contributed by atoms with Crippen LogP contribution in [-0.2, 0) is 14.6 Å². The van der Waals surface area contributed by atoms with E-state index in [9.17, 15) is 23.6 Å². The molecular formula is C49H70N4O5S. The van der Waals surface area contributed by atoms with Gasteiger partial charge in [0, 0.05) is 37.9 Å². The first kappa shape index (κ1) is 42.7. The van der Waals surface area contributed by atoms with Crippen molar-refractivity contribution in [3.8, 4) is 11.9 Å². The van der Waals surface area contributed by atoms with Gasteiger partial charge in [0.2, 0.25) is 5.88 Å². The summed E-state index contributed by atoms with van der Waals surface area (Å²) in [5, 5.41) is 24.2. The van der Waals surface area contributed by atoms with E-state index in [1.54, 1.807) is 18.3 Å². The number of nitriles is 1. The highest BCUT2D eigenvalue weighted by molar-refractivity contribution is 7.91. The summed E-state index contributed by atoms with van der Waals surface area (Å²) in [7, 11) is -2.88. The lowest BCUT2D eigenvalue weighted by Gasteiger charge is -2.72. The summed E-state index contributed by atoms with van der Waals surface area (Å²) in [5.41, 5.74) is 4.09. The topological polar surface area (TPSA) is 133 Å². The average Bonchev–Trinajstić information content (AvgIpc) is 3.58. The van der Waals surface area contributed by atoms with Gasteiger partial charge in [-0.15, -0.1) is 0 Å². The zero-order valence-corrected chi connectivity index (χ0v) is 37.6. The van der Waals surface area contributed by atoms with E-state index in [0.717, 1.165) is 19.5 Å². The van der Waals surface area contributed by atoms with Crippen LogP contribution in [0.4, 0.5) is 0 Å². The number of nitrogens with zero attached hydrogens (tertiary/aromatic N) is 3. The summed E-state index contributed by atoms with van der Waals surface area (Å²) in [6.45, 7) is 23.0. The van der Waals surface area contributed by atoms with Crippen LogP contribution < -0.4 is 10.1 Å². The molecule has 1 aliphatic heterocycles. The van der Waals surface area contributed by atoms with Gasteiger partial charge >= 0.3 is 5.97 Å². The summed E-state index contributed by atoms with van der Waals surface area (Å²) in [5.74, 6) is 2.85. The molecule has 59 heavy (non-hydrogen) atoms. The quantitative estimate of drug-likeness (QED) is 0.222. The average molecular weight is 827 g/mol. The number of allylic oxidation sites excluding steroid dienone is 5. The van der Waals surface area contributed by atoms with Crippen molar-refractivity contribution in [3.05, 3.63) is 59.3 Å². The third-order valence-electron chi connectivity index (χ3n) is 18.8. The smallest absolute Gasteiger partial charge is 0.313 e. The van der Waals surface area contributed by atoms with Gasteiger partial charge in [0.1, 0.15) is 23.7 Å². The van der Waals surface area contributed by atoms with Crippen LogP contribution >= 0.6 is 0 Å². The van der Waals surface area contributed by atoms with Crippen molar-refractivity contribution in [2.24, 2.45) is 56.7 Å². The first-order valence-electron chi connectivity index (χ1n) is 22.8. The highest BCUT2D eigenvalue weighted by Crippen LogP contribution is 2.76. The van der Waals surface area contributed by atoms with Crippen LogP contribution in [0.15, 0.2) is 53.8 Å². The minimum absolute atomic E-state index is 0.0149. The van der Waals surface area contributed by atoms with Gasteiger partial charge in [0.15, 0.2) is 9.84 Å². The molecule has 0 radical (unpaired) electrons. The molecule has 2 heterocycles. The Balaban J connectivity index is 1.01. The Hall–Kier alpha value is -3.00. The van der Waals surface area contributed by atoms with Crippen LogP contribution in [0.3, 0.4) is 0 Å². The lowest BCUT2D eigenvalue weighted by molar-refractivity contribution is -0.221. The van der Waals surface area contributed by atoms with Gasteiger partial charge in [-0.25, -0.2) is 13.4 Å². The highest BCUT2D eigenvalue weighted by Gasteiger charge is 2.70. The van der Waals surface area contributed by atoms with Gasteiger partial charge in [-0.1, -0.05) is 58.9 Å². The summed E-state index contributed by atoms with van der Waals surface area (Å²) in [4.78, 5) is 19.4. The molecule has 7 aliphatic rings. The second kappa shape index (κ2) is 15.1. The molecule has 5 fully saturated rings. The Morgan fingerprint density at radius 3 is 2.44 bits per heavy atom. The number of rotatable bonds is 10. The number of hydrogen-bond donors (Lipinski definition) is 2. The summed E-state index contributed by atoms with van der Waals surface area (Å²) in [6.07, 6.45) is 18.9. The molecular weight excluding hydrogens is 757 g/mol. The number of carboxylic acids is 1. The van der Waals surface area contributed by atoms with Crippen molar-refractivity contribution < 1.29 is 23.1 Å². The van der Waals surface area contributed by atoms with E-state index in [0.29, 0.717) is 67.5 Å². The predicted molar refractivity (Wildman–Crippen MR) is 232 cm³/mol. The van der Waals surface area contributed by atoms with Gasteiger partial charge in [0.05, 0.1) is 11.5 Å². The molecule has 0 spiro atoms. The predicted octanol–water partition coefficient (Wildman–Crippen LogP) is 8.78. The second-order valence-corrected chi connectivity index (χ2v) is 23.9. The number of ether oxygens (including phenoxy) is 1. The molecule has 0 amide bonds. The molecule has 10 atom stereocenters. The Kier molecular flexibility index (Phi) is 10.9. The molecule has 8 rings (SSSR count). The maximum Gasteiger partial charge on any atom is 0.313 e. The van der Waals surface area contributed by atoms with Crippen LogP contribution in [-0.4, -0.2) is 79.2 Å². The van der Waals surface area contributed by atoms with Crippen LogP contribution in [0, 0.1) is 68.0 Å². The van der Waals surface area contributed by atoms with Gasteiger partial charge in [-0.2, -0.15) is 5.26 Å². The maximum atomic E-state index is 12.8. The van der Waals surface area contributed by atoms with Gasteiger partial charge in [-0.3, -0.25) is 4.79 Å². The van der Waals surface area contributed by atoms with E-state index in [1.807, 2.05) is 0 Å². The highest BCUT2D eigenvalue weighted by atomic mass is 32.2. The molecule has 1 aromatic heterocycles. The van der Waals surface area contributed by atoms with E-state index in [2.05, 4.69) is 81.5 Å². The molecule has 322 valence electrons. The molecule has 9 nitrogen and oxygen atoms in total. The SMILES string of the molecule is C=C(C)C1CCC2(NCCN3CCS(=O)(=O)CC3)CC[C@]3(C)[C@H](CC[C@@H]4[C@@]5(C)CC=C(C6=CC[C@@](COc7ncccc7C#N)(C(=O)O)CC6)C(C)(C)[C@@H]5CC[C@]43C)[C@@H]12. The van der Waals surface area contributed by atoms with E-state index >= 15 is 0 Å². The Bertz CT molecular complexity index is 2060.